The maximum atomic E-state index is 12.5. The Morgan fingerprint density at radius 2 is 1.52 bits per heavy atom. The van der Waals surface area contributed by atoms with Crippen LogP contribution in [0.2, 0.25) is 0 Å². The van der Waals surface area contributed by atoms with Crippen LogP contribution in [-0.4, -0.2) is 78.0 Å². The van der Waals surface area contributed by atoms with E-state index in [-0.39, 0.29) is 18.2 Å². The zero-order valence-corrected chi connectivity index (χ0v) is 22.2. The summed E-state index contributed by atoms with van der Waals surface area (Å²) in [6.07, 6.45) is 2.55. The van der Waals surface area contributed by atoms with Gasteiger partial charge < -0.3 is 35.6 Å². The number of hydrogen-bond donors (Lipinski definition) is 3. The molecule has 3 saturated heterocycles. The summed E-state index contributed by atoms with van der Waals surface area (Å²) in [5.41, 5.74) is 7.60. The van der Waals surface area contributed by atoms with Crippen LogP contribution in [0.25, 0.3) is 11.4 Å². The van der Waals surface area contributed by atoms with Crippen LogP contribution >= 0.6 is 0 Å². The Morgan fingerprint density at radius 1 is 0.900 bits per heavy atom. The predicted molar refractivity (Wildman–Crippen MR) is 151 cm³/mol. The molecule has 4 N–H and O–H groups in total. The van der Waals surface area contributed by atoms with Crippen molar-refractivity contribution in [3.8, 4) is 11.4 Å². The highest BCUT2D eigenvalue weighted by molar-refractivity contribution is 6.00. The van der Waals surface area contributed by atoms with Crippen LogP contribution in [0.1, 0.15) is 30.1 Å². The number of carbonyl (C=O) groups excluding carboxylic acids is 2. The van der Waals surface area contributed by atoms with E-state index in [2.05, 4.69) is 27.4 Å². The third kappa shape index (κ3) is 5.68. The number of hydrogen-bond acceptors (Lipinski definition) is 9. The first-order valence-electron chi connectivity index (χ1n) is 13.5. The minimum absolute atomic E-state index is 0.148. The third-order valence-electron chi connectivity index (χ3n) is 7.39. The number of nitrogens with two attached hydrogens (primary N) is 1. The van der Waals surface area contributed by atoms with Crippen molar-refractivity contribution in [2.75, 3.05) is 53.3 Å². The van der Waals surface area contributed by atoms with Gasteiger partial charge in [0.15, 0.2) is 5.82 Å². The van der Waals surface area contributed by atoms with Crippen LogP contribution in [0.4, 0.5) is 28.1 Å². The van der Waals surface area contributed by atoms with E-state index in [9.17, 15) is 9.59 Å². The van der Waals surface area contributed by atoms with E-state index in [0.717, 1.165) is 31.5 Å². The number of benzene rings is 2. The van der Waals surface area contributed by atoms with Crippen LogP contribution in [0.3, 0.4) is 0 Å². The molecule has 2 unspecified atom stereocenters. The Kier molecular flexibility index (Phi) is 7.18. The summed E-state index contributed by atoms with van der Waals surface area (Å²) in [5, 5.41) is 5.56. The van der Waals surface area contributed by atoms with Crippen molar-refractivity contribution in [1.29, 1.82) is 0 Å². The van der Waals surface area contributed by atoms with Crippen molar-refractivity contribution in [2.45, 2.75) is 38.0 Å². The van der Waals surface area contributed by atoms with Crippen molar-refractivity contribution in [3.05, 3.63) is 54.1 Å². The standard InChI is InChI=1S/C28H32N8O4/c1-17-16-39-13-12-36(17)27-33-25(32-26(34-27)35-14-22-10-11-23(15-35)40-22)19-4-8-21(9-5-19)31-28(38)30-20-6-2-18(3-7-20)24(29)37/h2-9,17,22-23H,10-16H2,1H3,(H2,29,37)(H2,30,31,38)/t17-,22?,23?/m0/s1. The first-order chi connectivity index (χ1) is 19.4. The number of aromatic nitrogens is 3. The molecule has 12 heteroatoms. The number of nitrogens with zero attached hydrogens (tertiary/aromatic N) is 5. The second kappa shape index (κ2) is 11.1. The highest BCUT2D eigenvalue weighted by atomic mass is 16.5. The summed E-state index contributed by atoms with van der Waals surface area (Å²) < 4.78 is 11.7. The normalized spacial score (nSPS) is 22.2. The van der Waals surface area contributed by atoms with Crippen LogP contribution in [0, 0.1) is 0 Å². The van der Waals surface area contributed by atoms with Crippen LogP contribution in [0.5, 0.6) is 0 Å². The predicted octanol–water partition coefficient (Wildman–Crippen LogP) is 2.87. The van der Waals surface area contributed by atoms with Gasteiger partial charge >= 0.3 is 6.03 Å². The van der Waals surface area contributed by atoms with Gasteiger partial charge in [0, 0.05) is 42.1 Å². The lowest BCUT2D eigenvalue weighted by molar-refractivity contribution is 0.0299. The molecule has 3 aliphatic heterocycles. The molecule has 12 nitrogen and oxygen atoms in total. The molecule has 3 atom stereocenters. The lowest BCUT2D eigenvalue weighted by Crippen LogP contribution is -2.46. The van der Waals surface area contributed by atoms with E-state index in [1.54, 1.807) is 36.4 Å². The Morgan fingerprint density at radius 3 is 2.15 bits per heavy atom. The molecular weight excluding hydrogens is 512 g/mol. The van der Waals surface area contributed by atoms with Gasteiger partial charge in [-0.05, 0) is 68.3 Å². The molecule has 0 aliphatic carbocycles. The van der Waals surface area contributed by atoms with Crippen molar-refractivity contribution < 1.29 is 19.1 Å². The van der Waals surface area contributed by atoms with E-state index in [1.807, 2.05) is 12.1 Å². The zero-order valence-electron chi connectivity index (χ0n) is 22.2. The van der Waals surface area contributed by atoms with Crippen LogP contribution in [0.15, 0.2) is 48.5 Å². The number of ether oxygens (including phenoxy) is 2. The van der Waals surface area contributed by atoms with Gasteiger partial charge in [-0.25, -0.2) is 4.79 Å². The Bertz CT molecular complexity index is 1370. The summed E-state index contributed by atoms with van der Waals surface area (Å²) in [6, 6.07) is 13.5. The molecule has 40 heavy (non-hydrogen) atoms. The second-order valence-electron chi connectivity index (χ2n) is 10.3. The molecule has 1 aromatic heterocycles. The third-order valence-corrected chi connectivity index (χ3v) is 7.39. The molecule has 2 aromatic carbocycles. The van der Waals surface area contributed by atoms with Crippen molar-refractivity contribution in [2.24, 2.45) is 5.73 Å². The first kappa shape index (κ1) is 26.0. The minimum atomic E-state index is -0.523. The van der Waals surface area contributed by atoms with E-state index < -0.39 is 11.9 Å². The van der Waals surface area contributed by atoms with Gasteiger partial charge in [0.25, 0.3) is 0 Å². The average Bonchev–Trinajstić information content (AvgIpc) is 3.30. The number of fused-ring (bicyclic) bond motifs is 2. The summed E-state index contributed by atoms with van der Waals surface area (Å²) in [5.74, 6) is 1.34. The average molecular weight is 545 g/mol. The van der Waals surface area contributed by atoms with E-state index in [1.165, 1.54) is 0 Å². The van der Waals surface area contributed by atoms with Crippen molar-refractivity contribution in [3.63, 3.8) is 0 Å². The fraction of sp³-hybridized carbons (Fsp3) is 0.393. The van der Waals surface area contributed by atoms with Crippen molar-refractivity contribution >= 4 is 35.2 Å². The molecule has 0 radical (unpaired) electrons. The number of nitrogens with one attached hydrogen (secondary N) is 2. The fourth-order valence-electron chi connectivity index (χ4n) is 5.27. The quantitative estimate of drug-likeness (QED) is 0.426. The fourth-order valence-corrected chi connectivity index (χ4v) is 5.27. The zero-order chi connectivity index (χ0) is 27.6. The SMILES string of the molecule is C[C@H]1COCCN1c1nc(-c2ccc(NC(=O)Nc3ccc(C(N)=O)cc3)cc2)nc(N2CC3CCC(C2)O3)n1. The number of carbonyl (C=O) groups is 2. The second-order valence-corrected chi connectivity index (χ2v) is 10.3. The van der Waals surface area contributed by atoms with E-state index in [4.69, 9.17) is 30.2 Å². The largest absolute Gasteiger partial charge is 0.377 e. The molecule has 2 bridgehead atoms. The monoisotopic (exact) mass is 544 g/mol. The number of morpholine rings is 2. The molecule has 4 heterocycles. The Labute approximate surface area is 231 Å². The molecule has 3 aliphatic rings. The summed E-state index contributed by atoms with van der Waals surface area (Å²) in [4.78, 5) is 42.7. The molecule has 3 fully saturated rings. The summed E-state index contributed by atoms with van der Waals surface area (Å²) in [6.45, 7) is 5.59. The van der Waals surface area contributed by atoms with Crippen LogP contribution < -0.4 is 26.2 Å². The molecule has 0 saturated carbocycles. The maximum Gasteiger partial charge on any atom is 0.323 e. The number of rotatable bonds is 6. The van der Waals surface area contributed by atoms with Crippen molar-refractivity contribution in [1.82, 2.24) is 15.0 Å². The Balaban J connectivity index is 1.21. The lowest BCUT2D eigenvalue weighted by Gasteiger charge is -2.35. The topological polar surface area (TPSA) is 148 Å². The Hall–Kier alpha value is -4.29. The smallest absolute Gasteiger partial charge is 0.323 e. The molecule has 3 amide bonds. The van der Waals surface area contributed by atoms with Gasteiger partial charge in [-0.3, -0.25) is 4.79 Å². The minimum Gasteiger partial charge on any atom is -0.377 e. The molecule has 0 spiro atoms. The van der Waals surface area contributed by atoms with E-state index >= 15 is 0 Å². The van der Waals surface area contributed by atoms with Gasteiger partial charge in [0.05, 0.1) is 31.5 Å². The highest BCUT2D eigenvalue weighted by Gasteiger charge is 2.35. The summed E-state index contributed by atoms with van der Waals surface area (Å²) >= 11 is 0. The van der Waals surface area contributed by atoms with E-state index in [0.29, 0.717) is 54.4 Å². The lowest BCUT2D eigenvalue weighted by atomic mass is 10.2. The number of amides is 3. The first-order valence-corrected chi connectivity index (χ1v) is 13.5. The highest BCUT2D eigenvalue weighted by Crippen LogP contribution is 2.30. The van der Waals surface area contributed by atoms with Crippen LogP contribution in [-0.2, 0) is 9.47 Å². The number of anilines is 4. The molecule has 6 rings (SSSR count). The van der Waals surface area contributed by atoms with Gasteiger partial charge in [-0.15, -0.1) is 0 Å². The molecule has 208 valence electrons. The van der Waals surface area contributed by atoms with Gasteiger partial charge in [-0.1, -0.05) is 0 Å². The molecule has 3 aromatic rings. The molecular formula is C28H32N8O4. The van der Waals surface area contributed by atoms with Gasteiger partial charge in [0.2, 0.25) is 17.8 Å². The summed E-state index contributed by atoms with van der Waals surface area (Å²) in [7, 11) is 0. The van der Waals surface area contributed by atoms with Gasteiger partial charge in [-0.2, -0.15) is 15.0 Å². The van der Waals surface area contributed by atoms with Gasteiger partial charge in [0.1, 0.15) is 0 Å². The maximum absolute atomic E-state index is 12.5. The number of urea groups is 1. The number of primary amides is 1.